The van der Waals surface area contributed by atoms with E-state index in [1.165, 1.54) is 28.0 Å². The van der Waals surface area contributed by atoms with E-state index in [2.05, 4.69) is 15.8 Å². The van der Waals surface area contributed by atoms with Gasteiger partial charge in [-0.2, -0.15) is 0 Å². The van der Waals surface area contributed by atoms with Crippen LogP contribution in [0.25, 0.3) is 0 Å². The maximum Gasteiger partial charge on any atom is 0.356 e. The summed E-state index contributed by atoms with van der Waals surface area (Å²) >= 11 is 9.04. The molecule has 346 valence electrons. The van der Waals surface area contributed by atoms with Gasteiger partial charge in [0.2, 0.25) is 5.60 Å². The second-order valence-electron chi connectivity index (χ2n) is 17.6. The highest BCUT2D eigenvalue weighted by atomic mass is 35.5. The van der Waals surface area contributed by atoms with Gasteiger partial charge in [-0.1, -0.05) is 157 Å². The van der Waals surface area contributed by atoms with Crippen molar-refractivity contribution in [3.8, 4) is 0 Å². The van der Waals surface area contributed by atoms with E-state index < -0.39 is 58.0 Å². The van der Waals surface area contributed by atoms with Crippen molar-refractivity contribution in [2.75, 3.05) is 16.9 Å². The minimum atomic E-state index is -1.39. The Morgan fingerprint density at radius 3 is 1.81 bits per heavy atom. The number of β-lactam (4-membered cyclic amide) rings is 1. The number of ether oxygens (including phenoxy) is 2. The zero-order valence-electron chi connectivity index (χ0n) is 37.5. The molecule has 1 saturated carbocycles. The lowest BCUT2D eigenvalue weighted by Gasteiger charge is -2.49. The highest BCUT2D eigenvalue weighted by molar-refractivity contribution is 8.00. The predicted octanol–water partition coefficient (Wildman–Crippen LogP) is 9.37. The number of carbonyl (C=O) groups is 4. The number of nitrogens with one attached hydrogen (secondary N) is 2. The topological polar surface area (TPSA) is 149 Å². The lowest BCUT2D eigenvalue weighted by Crippen LogP contribution is -2.71. The van der Waals surface area contributed by atoms with Gasteiger partial charge < -0.3 is 24.9 Å². The summed E-state index contributed by atoms with van der Waals surface area (Å²) in [5.74, 6) is -2.32. The van der Waals surface area contributed by atoms with E-state index in [1.807, 2.05) is 152 Å². The van der Waals surface area contributed by atoms with Crippen LogP contribution in [0.3, 0.4) is 0 Å². The number of carbonyl (C=O) groups excluding carboxylic acids is 4. The third-order valence-electron chi connectivity index (χ3n) is 11.8. The zero-order chi connectivity index (χ0) is 47.5. The van der Waals surface area contributed by atoms with Crippen LogP contribution >= 0.6 is 34.7 Å². The van der Waals surface area contributed by atoms with Gasteiger partial charge in [-0.15, -0.1) is 34.7 Å². The van der Waals surface area contributed by atoms with Crippen molar-refractivity contribution in [2.45, 2.75) is 67.9 Å². The molecule has 2 fully saturated rings. The predicted molar refractivity (Wildman–Crippen MR) is 264 cm³/mol. The Morgan fingerprint density at radius 2 is 1.32 bits per heavy atom. The Bertz CT molecular complexity index is 2720. The van der Waals surface area contributed by atoms with Gasteiger partial charge in [-0.3, -0.25) is 14.5 Å². The second-order valence-corrected chi connectivity index (χ2v) is 19.8. The van der Waals surface area contributed by atoms with Crippen molar-refractivity contribution in [2.24, 2.45) is 5.16 Å². The fourth-order valence-electron chi connectivity index (χ4n) is 8.27. The summed E-state index contributed by atoms with van der Waals surface area (Å²) in [7, 11) is 0. The van der Waals surface area contributed by atoms with E-state index in [-0.39, 0.29) is 23.0 Å². The van der Waals surface area contributed by atoms with E-state index in [4.69, 9.17) is 30.9 Å². The molecule has 2 atom stereocenters. The molecule has 9 rings (SSSR count). The van der Waals surface area contributed by atoms with Crippen LogP contribution in [-0.2, 0) is 39.0 Å². The molecule has 0 radical (unpaired) electrons. The van der Waals surface area contributed by atoms with Crippen molar-refractivity contribution in [1.29, 1.82) is 0 Å². The summed E-state index contributed by atoms with van der Waals surface area (Å²) in [5, 5.41) is 12.4. The molecule has 12 nitrogen and oxygen atoms in total. The van der Waals surface area contributed by atoms with Gasteiger partial charge in [0.05, 0.1) is 0 Å². The molecule has 0 spiro atoms. The van der Waals surface area contributed by atoms with Crippen molar-refractivity contribution < 1.29 is 33.5 Å². The van der Waals surface area contributed by atoms with Gasteiger partial charge in [0.1, 0.15) is 33.9 Å². The Morgan fingerprint density at radius 1 is 0.809 bits per heavy atom. The van der Waals surface area contributed by atoms with Gasteiger partial charge in [-0.05, 0) is 54.2 Å². The molecule has 0 bridgehead atoms. The standard InChI is InChI=1S/C53H48ClN5O7S2/c1-51(2,3)65-49(63)52(29-30-52)66-58-41(40-33-68-50(55-40)57-53(37-23-13-6-14-24-37,38-25-15-7-16-26-38)39-27-17-8-18-28-39)45(60)56-42-46(61)59-43(36(31-54)32-67-47(42)59)48(62)64-44(34-19-9-4-10-20-34)35-21-11-5-12-22-35/h4-28,33,42,44,47H,29-32H2,1-3H3,(H,55,57)(H,56,60)/t42-,47-/m1/s1. The molecule has 2 N–H and O–H groups in total. The first-order chi connectivity index (χ1) is 32.9. The lowest BCUT2D eigenvalue weighted by atomic mass is 9.77. The first-order valence-electron chi connectivity index (χ1n) is 22.2. The number of alkyl halides is 1. The quantitative estimate of drug-likeness (QED) is 0.0240. The Balaban J connectivity index is 1.02. The third kappa shape index (κ3) is 9.40. The van der Waals surface area contributed by atoms with Crippen molar-refractivity contribution in [1.82, 2.24) is 15.2 Å². The zero-order valence-corrected chi connectivity index (χ0v) is 39.9. The number of benzene rings is 5. The fraction of sp³-hybridized carbons (Fsp3) is 0.245. The summed E-state index contributed by atoms with van der Waals surface area (Å²) in [6.07, 6.45) is -0.106. The van der Waals surface area contributed by atoms with Gasteiger partial charge in [-0.25, -0.2) is 14.6 Å². The number of thiazole rings is 1. The van der Waals surface area contributed by atoms with Gasteiger partial charge >= 0.3 is 11.9 Å². The average molecular weight is 967 g/mol. The molecule has 68 heavy (non-hydrogen) atoms. The molecule has 2 aliphatic heterocycles. The molecule has 5 aromatic carbocycles. The summed E-state index contributed by atoms with van der Waals surface area (Å²) in [4.78, 5) is 68.8. The number of anilines is 1. The summed E-state index contributed by atoms with van der Waals surface area (Å²) in [6, 6.07) is 47.7. The lowest BCUT2D eigenvalue weighted by molar-refractivity contribution is -0.172. The molecular weight excluding hydrogens is 918 g/mol. The number of esters is 2. The van der Waals surface area contributed by atoms with E-state index >= 15 is 0 Å². The van der Waals surface area contributed by atoms with Crippen LogP contribution in [0.1, 0.15) is 73.2 Å². The first-order valence-corrected chi connectivity index (χ1v) is 24.6. The fourth-order valence-corrected chi connectivity index (χ4v) is 10.7. The SMILES string of the molecule is CC(C)(C)OC(=O)C1(ON=C(C(=O)N[C@@H]2C(=O)N3C(C(=O)OC(c4ccccc4)c4ccccc4)=C(CCl)CS[C@H]23)c2csc(NC(c3ccccc3)(c3ccccc3)c3ccccc3)n2)CC1. The van der Waals surface area contributed by atoms with Gasteiger partial charge in [0.15, 0.2) is 16.9 Å². The van der Waals surface area contributed by atoms with E-state index in [0.717, 1.165) is 27.8 Å². The first kappa shape index (κ1) is 46.4. The smallest absolute Gasteiger partial charge is 0.356 e. The second kappa shape index (κ2) is 19.5. The number of halogens is 1. The molecule has 1 aromatic heterocycles. The number of hydrogen-bond donors (Lipinski definition) is 2. The third-order valence-corrected chi connectivity index (χ3v) is 14.2. The summed E-state index contributed by atoms with van der Waals surface area (Å²) in [6.45, 7) is 5.28. The monoisotopic (exact) mass is 965 g/mol. The number of nitrogens with zero attached hydrogens (tertiary/aromatic N) is 3. The number of thioether (sulfide) groups is 1. The molecule has 15 heteroatoms. The summed E-state index contributed by atoms with van der Waals surface area (Å²) in [5.41, 5.74) is 1.69. The van der Waals surface area contributed by atoms with Crippen LogP contribution in [-0.4, -0.2) is 73.6 Å². The number of rotatable bonds is 16. The Kier molecular flexibility index (Phi) is 13.3. The molecule has 1 aliphatic carbocycles. The Labute approximate surface area is 407 Å². The van der Waals surface area contributed by atoms with Crippen LogP contribution < -0.4 is 10.6 Å². The highest BCUT2D eigenvalue weighted by Crippen LogP contribution is 2.45. The largest absolute Gasteiger partial charge is 0.457 e. The number of amides is 2. The molecule has 6 aromatic rings. The molecule has 0 unspecified atom stereocenters. The normalized spacial score (nSPS) is 17.7. The van der Waals surface area contributed by atoms with Crippen LogP contribution in [0.2, 0.25) is 0 Å². The van der Waals surface area contributed by atoms with Crippen LogP contribution in [0.5, 0.6) is 0 Å². The Hall–Kier alpha value is -6.74. The average Bonchev–Trinajstić information content (AvgIpc) is 4.03. The van der Waals surface area contributed by atoms with Crippen LogP contribution in [0.4, 0.5) is 5.13 Å². The molecule has 2 amide bonds. The van der Waals surface area contributed by atoms with E-state index in [1.54, 1.807) is 26.2 Å². The van der Waals surface area contributed by atoms with E-state index in [0.29, 0.717) is 29.3 Å². The summed E-state index contributed by atoms with van der Waals surface area (Å²) < 4.78 is 11.9. The number of oxime groups is 1. The van der Waals surface area contributed by atoms with Gasteiger partial charge in [0, 0.05) is 29.9 Å². The minimum Gasteiger partial charge on any atom is -0.457 e. The number of hydrogen-bond acceptors (Lipinski definition) is 12. The highest BCUT2D eigenvalue weighted by Gasteiger charge is 2.57. The maximum atomic E-state index is 14.7. The molecule has 3 heterocycles. The number of aromatic nitrogens is 1. The van der Waals surface area contributed by atoms with Crippen molar-refractivity contribution in [3.05, 3.63) is 202 Å². The van der Waals surface area contributed by atoms with Crippen LogP contribution in [0.15, 0.2) is 173 Å². The van der Waals surface area contributed by atoms with Crippen molar-refractivity contribution >= 4 is 69.3 Å². The van der Waals surface area contributed by atoms with E-state index in [9.17, 15) is 19.2 Å². The number of fused-ring (bicyclic) bond motifs is 1. The molecular formula is C53H48ClN5O7S2. The van der Waals surface area contributed by atoms with Crippen LogP contribution in [0, 0.1) is 0 Å². The van der Waals surface area contributed by atoms with Crippen molar-refractivity contribution in [3.63, 3.8) is 0 Å². The molecule has 1 saturated heterocycles. The minimum absolute atomic E-state index is 0.0138. The van der Waals surface area contributed by atoms with Gasteiger partial charge in [0.25, 0.3) is 11.8 Å². The molecule has 3 aliphatic rings. The maximum absolute atomic E-state index is 14.7.